The third-order valence-electron chi connectivity index (χ3n) is 2.56. The Labute approximate surface area is 94.6 Å². The Balaban J connectivity index is 2.92. The molecule has 94 valence electrons. The lowest BCUT2D eigenvalue weighted by molar-refractivity contribution is -0.148. The number of nitrogens with one attached hydrogen (secondary N) is 1. The summed E-state index contributed by atoms with van der Waals surface area (Å²) in [6.45, 7) is 0.477. The molecule has 0 spiro atoms. The van der Waals surface area contributed by atoms with E-state index in [1.165, 1.54) is 14.1 Å². The molecular formula is C8H16N2O5S. The van der Waals surface area contributed by atoms with Crippen molar-refractivity contribution in [1.29, 1.82) is 0 Å². The number of rotatable bonds is 4. The number of carboxylic acids is 1. The first-order valence-electron chi connectivity index (χ1n) is 4.83. The van der Waals surface area contributed by atoms with E-state index in [9.17, 15) is 13.2 Å². The highest BCUT2D eigenvalue weighted by atomic mass is 32.2. The summed E-state index contributed by atoms with van der Waals surface area (Å²) < 4.78 is 31.5. The number of carbonyl (C=O) groups is 1. The van der Waals surface area contributed by atoms with Crippen molar-refractivity contribution in [3.05, 3.63) is 0 Å². The van der Waals surface area contributed by atoms with Crippen molar-refractivity contribution < 1.29 is 23.1 Å². The van der Waals surface area contributed by atoms with Crippen molar-refractivity contribution in [3.8, 4) is 0 Å². The molecular weight excluding hydrogens is 236 g/mol. The van der Waals surface area contributed by atoms with Gasteiger partial charge in [-0.15, -0.1) is 0 Å². The minimum atomic E-state index is -3.75. The summed E-state index contributed by atoms with van der Waals surface area (Å²) in [5.74, 6) is -1.17. The molecule has 8 heteroatoms. The van der Waals surface area contributed by atoms with Gasteiger partial charge in [0, 0.05) is 40.2 Å². The minimum Gasteiger partial charge on any atom is -0.480 e. The topological polar surface area (TPSA) is 95.9 Å². The summed E-state index contributed by atoms with van der Waals surface area (Å²) in [5.41, 5.74) is -1.44. The molecule has 0 bridgehead atoms. The van der Waals surface area contributed by atoms with E-state index in [1.54, 1.807) is 0 Å². The summed E-state index contributed by atoms with van der Waals surface area (Å²) >= 11 is 0. The van der Waals surface area contributed by atoms with Gasteiger partial charge in [-0.25, -0.2) is 0 Å². The quantitative estimate of drug-likeness (QED) is 0.670. The zero-order valence-electron chi connectivity index (χ0n) is 9.26. The Hall–Kier alpha value is -0.700. The van der Waals surface area contributed by atoms with Gasteiger partial charge in [0.05, 0.1) is 0 Å². The molecule has 0 aromatic rings. The van der Waals surface area contributed by atoms with Crippen LogP contribution in [-0.2, 0) is 19.7 Å². The van der Waals surface area contributed by atoms with Gasteiger partial charge in [0.2, 0.25) is 0 Å². The highest BCUT2D eigenvalue weighted by molar-refractivity contribution is 7.87. The second kappa shape index (κ2) is 4.66. The van der Waals surface area contributed by atoms with Crippen LogP contribution in [0.5, 0.6) is 0 Å². The summed E-state index contributed by atoms with van der Waals surface area (Å²) in [5, 5.41) is 9.13. The SMILES string of the molecule is CN(C)S(=O)(=O)NC1(C(=O)O)CCOCC1. The summed E-state index contributed by atoms with van der Waals surface area (Å²) in [6, 6.07) is 0. The lowest BCUT2D eigenvalue weighted by Crippen LogP contribution is -2.59. The fraction of sp³-hybridized carbons (Fsp3) is 0.875. The van der Waals surface area contributed by atoms with Gasteiger partial charge < -0.3 is 9.84 Å². The molecule has 0 aromatic heterocycles. The summed E-state index contributed by atoms with van der Waals surface area (Å²) in [7, 11) is -1.07. The minimum absolute atomic E-state index is 0.134. The van der Waals surface area contributed by atoms with Gasteiger partial charge in [0.15, 0.2) is 0 Å². The molecule has 1 fully saturated rings. The van der Waals surface area contributed by atoms with Gasteiger partial charge in [-0.1, -0.05) is 0 Å². The number of ether oxygens (including phenoxy) is 1. The summed E-state index contributed by atoms with van der Waals surface area (Å²) in [4.78, 5) is 11.2. The van der Waals surface area contributed by atoms with Crippen molar-refractivity contribution in [2.24, 2.45) is 0 Å². The Morgan fingerprint density at radius 2 is 1.88 bits per heavy atom. The van der Waals surface area contributed by atoms with Crippen molar-refractivity contribution in [2.75, 3.05) is 27.3 Å². The number of nitrogens with zero attached hydrogens (tertiary/aromatic N) is 1. The van der Waals surface area contributed by atoms with Gasteiger partial charge in [-0.2, -0.15) is 17.4 Å². The maximum Gasteiger partial charge on any atom is 0.325 e. The van der Waals surface area contributed by atoms with Gasteiger partial charge >= 0.3 is 5.97 Å². The van der Waals surface area contributed by atoms with Gasteiger partial charge in [-0.3, -0.25) is 4.79 Å². The van der Waals surface area contributed by atoms with Crippen LogP contribution in [0, 0.1) is 0 Å². The monoisotopic (exact) mass is 252 g/mol. The Morgan fingerprint density at radius 3 is 2.25 bits per heavy atom. The fourth-order valence-electron chi connectivity index (χ4n) is 1.42. The molecule has 0 saturated carbocycles. The molecule has 0 amide bonds. The average Bonchev–Trinajstić information content (AvgIpc) is 2.18. The second-order valence-electron chi connectivity index (χ2n) is 3.89. The van der Waals surface area contributed by atoms with Crippen LogP contribution in [-0.4, -0.2) is 56.6 Å². The van der Waals surface area contributed by atoms with Crippen LogP contribution < -0.4 is 4.72 Å². The molecule has 0 aliphatic carbocycles. The van der Waals surface area contributed by atoms with E-state index < -0.39 is 21.7 Å². The van der Waals surface area contributed by atoms with Crippen LogP contribution in [0.25, 0.3) is 0 Å². The fourth-order valence-corrected chi connectivity index (χ4v) is 2.39. The van der Waals surface area contributed by atoms with Gasteiger partial charge in [0.25, 0.3) is 10.2 Å². The third kappa shape index (κ3) is 2.70. The third-order valence-corrected chi connectivity index (χ3v) is 4.17. The van der Waals surface area contributed by atoms with E-state index in [0.29, 0.717) is 0 Å². The predicted octanol–water partition coefficient (Wildman–Crippen LogP) is -0.984. The van der Waals surface area contributed by atoms with Gasteiger partial charge in [-0.05, 0) is 0 Å². The molecule has 1 rings (SSSR count). The van der Waals surface area contributed by atoms with E-state index in [4.69, 9.17) is 9.84 Å². The number of carboxylic acid groups (broad SMARTS) is 1. The number of hydrogen-bond donors (Lipinski definition) is 2. The molecule has 1 aliphatic rings. The maximum atomic E-state index is 11.6. The molecule has 0 radical (unpaired) electrons. The normalized spacial score (nSPS) is 20.9. The standard InChI is InChI=1S/C8H16N2O5S/c1-10(2)16(13,14)9-8(7(11)12)3-5-15-6-4-8/h9H,3-6H2,1-2H3,(H,11,12). The first-order valence-corrected chi connectivity index (χ1v) is 6.27. The van der Waals surface area contributed by atoms with Crippen molar-refractivity contribution >= 4 is 16.2 Å². The first-order chi connectivity index (χ1) is 7.30. The van der Waals surface area contributed by atoms with Crippen molar-refractivity contribution in [1.82, 2.24) is 9.03 Å². The first kappa shape index (κ1) is 13.4. The van der Waals surface area contributed by atoms with E-state index in [-0.39, 0.29) is 26.1 Å². The van der Waals surface area contributed by atoms with Crippen LogP contribution in [0.1, 0.15) is 12.8 Å². The molecule has 0 unspecified atom stereocenters. The molecule has 2 N–H and O–H groups in total. The lowest BCUT2D eigenvalue weighted by Gasteiger charge is -2.34. The zero-order chi connectivity index (χ0) is 12.4. The van der Waals surface area contributed by atoms with E-state index in [0.717, 1.165) is 4.31 Å². The van der Waals surface area contributed by atoms with E-state index >= 15 is 0 Å². The van der Waals surface area contributed by atoms with Gasteiger partial charge in [0.1, 0.15) is 5.54 Å². The van der Waals surface area contributed by atoms with Crippen LogP contribution >= 0.6 is 0 Å². The predicted molar refractivity (Wildman–Crippen MR) is 56.2 cm³/mol. The lowest BCUT2D eigenvalue weighted by atomic mass is 9.92. The van der Waals surface area contributed by atoms with Crippen LogP contribution in [0.4, 0.5) is 0 Å². The largest absolute Gasteiger partial charge is 0.480 e. The molecule has 1 aliphatic heterocycles. The summed E-state index contributed by atoms with van der Waals surface area (Å²) in [6.07, 6.45) is 0.269. The van der Waals surface area contributed by atoms with Crippen LogP contribution in [0.3, 0.4) is 0 Å². The number of aliphatic carboxylic acids is 1. The van der Waals surface area contributed by atoms with Crippen LogP contribution in [0.2, 0.25) is 0 Å². The van der Waals surface area contributed by atoms with E-state index in [1.807, 2.05) is 0 Å². The van der Waals surface area contributed by atoms with Crippen molar-refractivity contribution in [3.63, 3.8) is 0 Å². The van der Waals surface area contributed by atoms with Crippen molar-refractivity contribution in [2.45, 2.75) is 18.4 Å². The average molecular weight is 252 g/mol. The molecule has 16 heavy (non-hydrogen) atoms. The highest BCUT2D eigenvalue weighted by Gasteiger charge is 2.43. The highest BCUT2D eigenvalue weighted by Crippen LogP contribution is 2.22. The molecule has 0 aromatic carbocycles. The number of hydrogen-bond acceptors (Lipinski definition) is 4. The zero-order valence-corrected chi connectivity index (χ0v) is 10.1. The molecule has 1 heterocycles. The van der Waals surface area contributed by atoms with E-state index in [2.05, 4.69) is 4.72 Å². The van der Waals surface area contributed by atoms with Crippen LogP contribution in [0.15, 0.2) is 0 Å². The second-order valence-corrected chi connectivity index (χ2v) is 5.77. The Kier molecular flexibility index (Phi) is 3.89. The molecule has 1 saturated heterocycles. The molecule has 7 nitrogen and oxygen atoms in total. The molecule has 0 atom stereocenters. The Morgan fingerprint density at radius 1 is 1.38 bits per heavy atom. The smallest absolute Gasteiger partial charge is 0.325 e. The Bertz CT molecular complexity index is 359. The maximum absolute atomic E-state index is 11.6.